The second-order valence-electron chi connectivity index (χ2n) is 4.61. The van der Waals surface area contributed by atoms with E-state index >= 15 is 0 Å². The summed E-state index contributed by atoms with van der Waals surface area (Å²) >= 11 is 0. The van der Waals surface area contributed by atoms with E-state index in [1.54, 1.807) is 6.08 Å². The SMILES string of the molecule is CC1=CC(=O)CC(C23COC(C2)C3)=N1. The third-order valence-electron chi connectivity index (χ3n) is 3.47. The molecule has 4 rings (SSSR count). The van der Waals surface area contributed by atoms with Gasteiger partial charge in [-0.15, -0.1) is 0 Å². The van der Waals surface area contributed by atoms with Gasteiger partial charge >= 0.3 is 0 Å². The maximum atomic E-state index is 11.4. The third kappa shape index (κ3) is 1.02. The predicted molar refractivity (Wildman–Crippen MR) is 52.2 cm³/mol. The van der Waals surface area contributed by atoms with Crippen LogP contribution in [0.2, 0.25) is 0 Å². The molecule has 3 fully saturated rings. The largest absolute Gasteiger partial charge is 0.377 e. The first-order valence-electron chi connectivity index (χ1n) is 5.09. The quantitative estimate of drug-likeness (QED) is 0.629. The van der Waals surface area contributed by atoms with Gasteiger partial charge < -0.3 is 4.74 Å². The van der Waals surface area contributed by atoms with Gasteiger partial charge in [0, 0.05) is 29.3 Å². The Bertz CT molecular complexity index is 356. The third-order valence-corrected chi connectivity index (χ3v) is 3.47. The van der Waals surface area contributed by atoms with Crippen molar-refractivity contribution >= 4 is 11.5 Å². The van der Waals surface area contributed by atoms with Gasteiger partial charge in [-0.3, -0.25) is 9.79 Å². The molecule has 0 radical (unpaired) electrons. The topological polar surface area (TPSA) is 38.7 Å². The summed E-state index contributed by atoms with van der Waals surface area (Å²) in [6, 6.07) is 0. The van der Waals surface area contributed by atoms with E-state index in [0.717, 1.165) is 30.9 Å². The van der Waals surface area contributed by atoms with Gasteiger partial charge in [-0.2, -0.15) is 0 Å². The summed E-state index contributed by atoms with van der Waals surface area (Å²) < 4.78 is 5.54. The molecule has 1 saturated carbocycles. The standard InChI is InChI=1S/C11H13NO2/c1-7-2-8(13)3-10(12-7)11-4-9(5-11)14-6-11/h2,9H,3-6H2,1H3. The van der Waals surface area contributed by atoms with Gasteiger partial charge in [0.15, 0.2) is 5.78 Å². The van der Waals surface area contributed by atoms with Crippen LogP contribution < -0.4 is 0 Å². The normalized spacial score (nSPS) is 40.4. The van der Waals surface area contributed by atoms with E-state index in [-0.39, 0.29) is 11.2 Å². The molecule has 0 atom stereocenters. The molecule has 0 N–H and O–H groups in total. The highest BCUT2D eigenvalue weighted by atomic mass is 16.5. The molecule has 0 aromatic rings. The molecule has 0 spiro atoms. The fourth-order valence-corrected chi connectivity index (χ4v) is 2.68. The Hall–Kier alpha value is -0.960. The second-order valence-corrected chi connectivity index (χ2v) is 4.61. The number of nitrogens with zero attached hydrogens (tertiary/aromatic N) is 1. The van der Waals surface area contributed by atoms with E-state index in [0.29, 0.717) is 12.5 Å². The van der Waals surface area contributed by atoms with Crippen molar-refractivity contribution in [2.75, 3.05) is 6.61 Å². The lowest BCUT2D eigenvalue weighted by Crippen LogP contribution is -2.42. The van der Waals surface area contributed by atoms with Crippen LogP contribution in [-0.2, 0) is 9.53 Å². The molecule has 4 aliphatic rings. The molecule has 3 heterocycles. The Labute approximate surface area is 82.9 Å². The van der Waals surface area contributed by atoms with Gasteiger partial charge in [-0.1, -0.05) is 0 Å². The summed E-state index contributed by atoms with van der Waals surface area (Å²) in [5.41, 5.74) is 2.05. The van der Waals surface area contributed by atoms with Crippen LogP contribution in [0.4, 0.5) is 0 Å². The lowest BCUT2D eigenvalue weighted by atomic mass is 9.65. The molecule has 0 amide bonds. The molecule has 3 aliphatic heterocycles. The average molecular weight is 191 g/mol. The Kier molecular flexibility index (Phi) is 1.52. The summed E-state index contributed by atoms with van der Waals surface area (Å²) in [4.78, 5) is 15.9. The number of fused-ring (bicyclic) bond motifs is 1. The van der Waals surface area contributed by atoms with Crippen LogP contribution in [0.15, 0.2) is 16.8 Å². The summed E-state index contributed by atoms with van der Waals surface area (Å²) in [6.07, 6.45) is 4.73. The Balaban J connectivity index is 1.92. The maximum absolute atomic E-state index is 11.4. The van der Waals surface area contributed by atoms with Crippen LogP contribution in [0.5, 0.6) is 0 Å². The van der Waals surface area contributed by atoms with Gasteiger partial charge in [0.05, 0.1) is 12.7 Å². The monoisotopic (exact) mass is 191 g/mol. The highest BCUT2D eigenvalue weighted by Crippen LogP contribution is 2.52. The Morgan fingerprint density at radius 2 is 2.36 bits per heavy atom. The van der Waals surface area contributed by atoms with Crippen molar-refractivity contribution in [1.29, 1.82) is 0 Å². The number of allylic oxidation sites excluding steroid dienone is 2. The van der Waals surface area contributed by atoms with Gasteiger partial charge in [0.1, 0.15) is 0 Å². The molecule has 1 aliphatic carbocycles. The predicted octanol–water partition coefficient (Wildman–Crippen LogP) is 1.48. The number of carbonyl (C=O) groups is 1. The first kappa shape index (κ1) is 8.36. The molecule has 0 unspecified atom stereocenters. The van der Waals surface area contributed by atoms with Crippen molar-refractivity contribution < 1.29 is 9.53 Å². The number of ether oxygens (including phenoxy) is 1. The van der Waals surface area contributed by atoms with E-state index < -0.39 is 0 Å². The van der Waals surface area contributed by atoms with Crippen molar-refractivity contribution in [1.82, 2.24) is 0 Å². The highest BCUT2D eigenvalue weighted by Gasteiger charge is 2.55. The van der Waals surface area contributed by atoms with Crippen LogP contribution in [-0.4, -0.2) is 24.2 Å². The van der Waals surface area contributed by atoms with Crippen LogP contribution in [0.25, 0.3) is 0 Å². The molecular formula is C11H13NO2. The minimum atomic E-state index is 0.135. The van der Waals surface area contributed by atoms with E-state index in [9.17, 15) is 4.79 Å². The van der Waals surface area contributed by atoms with Crippen LogP contribution >= 0.6 is 0 Å². The lowest BCUT2D eigenvalue weighted by molar-refractivity contribution is -0.113. The molecule has 0 aromatic carbocycles. The number of hydrogen-bond acceptors (Lipinski definition) is 3. The minimum absolute atomic E-state index is 0.135. The van der Waals surface area contributed by atoms with E-state index in [2.05, 4.69) is 4.99 Å². The van der Waals surface area contributed by atoms with Crippen LogP contribution in [0, 0.1) is 5.41 Å². The van der Waals surface area contributed by atoms with Crippen molar-refractivity contribution in [2.24, 2.45) is 10.4 Å². The summed E-state index contributed by atoms with van der Waals surface area (Å²) in [7, 11) is 0. The molecule has 14 heavy (non-hydrogen) atoms. The number of hydrogen-bond donors (Lipinski definition) is 0. The first-order valence-corrected chi connectivity index (χ1v) is 5.09. The smallest absolute Gasteiger partial charge is 0.163 e. The van der Waals surface area contributed by atoms with Crippen LogP contribution in [0.1, 0.15) is 26.2 Å². The summed E-state index contributed by atoms with van der Waals surface area (Å²) in [6.45, 7) is 2.66. The highest BCUT2D eigenvalue weighted by molar-refractivity contribution is 6.11. The van der Waals surface area contributed by atoms with Gasteiger partial charge in [0.2, 0.25) is 0 Å². The average Bonchev–Trinajstić information content (AvgIpc) is 2.58. The fourth-order valence-electron chi connectivity index (χ4n) is 2.68. The molecule has 74 valence electrons. The number of aliphatic imine (C=N–C) groups is 1. The van der Waals surface area contributed by atoms with Crippen LogP contribution in [0.3, 0.4) is 0 Å². The van der Waals surface area contributed by atoms with E-state index in [1.807, 2.05) is 6.92 Å². The zero-order valence-corrected chi connectivity index (χ0v) is 8.25. The maximum Gasteiger partial charge on any atom is 0.163 e. The number of carbonyl (C=O) groups excluding carboxylic acids is 1. The summed E-state index contributed by atoms with van der Waals surface area (Å²) in [5.74, 6) is 0.192. The molecule has 2 bridgehead atoms. The van der Waals surface area contributed by atoms with Crippen molar-refractivity contribution in [3.05, 3.63) is 11.8 Å². The molecule has 2 saturated heterocycles. The van der Waals surface area contributed by atoms with Gasteiger partial charge in [-0.25, -0.2) is 0 Å². The van der Waals surface area contributed by atoms with Gasteiger partial charge in [-0.05, 0) is 19.8 Å². The molecule has 3 nitrogen and oxygen atoms in total. The summed E-state index contributed by atoms with van der Waals surface area (Å²) in [5, 5.41) is 0. The zero-order chi connectivity index (χ0) is 9.76. The lowest BCUT2D eigenvalue weighted by Gasteiger charge is -2.37. The molecular weight excluding hydrogens is 178 g/mol. The van der Waals surface area contributed by atoms with Crippen molar-refractivity contribution in [3.63, 3.8) is 0 Å². The van der Waals surface area contributed by atoms with Crippen molar-refractivity contribution in [3.8, 4) is 0 Å². The second kappa shape index (κ2) is 2.54. The number of ketones is 1. The van der Waals surface area contributed by atoms with Crippen molar-refractivity contribution in [2.45, 2.75) is 32.3 Å². The first-order chi connectivity index (χ1) is 6.68. The van der Waals surface area contributed by atoms with E-state index in [1.165, 1.54) is 0 Å². The molecule has 0 aromatic heterocycles. The fraction of sp³-hybridized carbons (Fsp3) is 0.636. The minimum Gasteiger partial charge on any atom is -0.377 e. The Morgan fingerprint density at radius 3 is 2.93 bits per heavy atom. The number of rotatable bonds is 1. The van der Waals surface area contributed by atoms with E-state index in [4.69, 9.17) is 4.74 Å². The van der Waals surface area contributed by atoms with Gasteiger partial charge in [0.25, 0.3) is 0 Å². The Morgan fingerprint density at radius 1 is 1.57 bits per heavy atom. The molecule has 3 heteroatoms. The zero-order valence-electron chi connectivity index (χ0n) is 8.25.